The fourth-order valence-corrected chi connectivity index (χ4v) is 2.24. The summed E-state index contributed by atoms with van der Waals surface area (Å²) in [5.41, 5.74) is 2.40. The summed E-state index contributed by atoms with van der Waals surface area (Å²) in [7, 11) is 0. The SMILES string of the molecule is Cc1ccc(CC2C(=O)N=C3C=CC=CN32)cc1. The molecule has 2 aliphatic heterocycles. The molecule has 1 aromatic rings. The summed E-state index contributed by atoms with van der Waals surface area (Å²) in [5.74, 6) is 0.696. The van der Waals surface area contributed by atoms with Gasteiger partial charge in [0.25, 0.3) is 5.91 Å². The number of hydrogen-bond acceptors (Lipinski definition) is 2. The van der Waals surface area contributed by atoms with Gasteiger partial charge in [-0.1, -0.05) is 35.9 Å². The summed E-state index contributed by atoms with van der Waals surface area (Å²) in [4.78, 5) is 17.9. The summed E-state index contributed by atoms with van der Waals surface area (Å²) >= 11 is 0. The second kappa shape index (κ2) is 4.26. The molecule has 0 radical (unpaired) electrons. The lowest BCUT2D eigenvalue weighted by atomic mass is 10.0. The van der Waals surface area contributed by atoms with Crippen LogP contribution >= 0.6 is 0 Å². The van der Waals surface area contributed by atoms with Crippen molar-refractivity contribution in [3.63, 3.8) is 0 Å². The minimum atomic E-state index is -0.191. The number of benzene rings is 1. The van der Waals surface area contributed by atoms with E-state index in [0.717, 1.165) is 5.84 Å². The number of hydrogen-bond donors (Lipinski definition) is 0. The number of nitrogens with zero attached hydrogens (tertiary/aromatic N) is 2. The summed E-state index contributed by atoms with van der Waals surface area (Å²) in [6.07, 6.45) is 8.32. The molecule has 18 heavy (non-hydrogen) atoms. The Bertz CT molecular complexity index is 567. The first-order valence-corrected chi connectivity index (χ1v) is 6.05. The molecule has 0 aromatic heterocycles. The first-order valence-electron chi connectivity index (χ1n) is 6.05. The molecule has 0 bridgehead atoms. The highest BCUT2D eigenvalue weighted by atomic mass is 16.2. The molecule has 0 aliphatic carbocycles. The van der Waals surface area contributed by atoms with Crippen molar-refractivity contribution in [2.75, 3.05) is 0 Å². The van der Waals surface area contributed by atoms with E-state index in [1.165, 1.54) is 11.1 Å². The first-order chi connectivity index (χ1) is 8.74. The lowest BCUT2D eigenvalue weighted by Gasteiger charge is -2.23. The topological polar surface area (TPSA) is 32.7 Å². The van der Waals surface area contributed by atoms with E-state index in [9.17, 15) is 4.79 Å². The highest BCUT2D eigenvalue weighted by Crippen LogP contribution is 2.20. The van der Waals surface area contributed by atoms with Crippen molar-refractivity contribution in [1.82, 2.24) is 4.90 Å². The van der Waals surface area contributed by atoms with Crippen LogP contribution in [0.1, 0.15) is 11.1 Å². The average Bonchev–Trinajstić information content (AvgIpc) is 2.69. The Morgan fingerprint density at radius 1 is 1.22 bits per heavy atom. The molecule has 1 atom stereocenters. The van der Waals surface area contributed by atoms with E-state index in [1.807, 2.05) is 29.3 Å². The van der Waals surface area contributed by atoms with Crippen LogP contribution in [0.2, 0.25) is 0 Å². The van der Waals surface area contributed by atoms with Crippen LogP contribution in [0.15, 0.2) is 53.7 Å². The molecule has 0 saturated carbocycles. The zero-order valence-corrected chi connectivity index (χ0v) is 10.2. The monoisotopic (exact) mass is 238 g/mol. The van der Waals surface area contributed by atoms with Crippen LogP contribution in [0.4, 0.5) is 0 Å². The summed E-state index contributed by atoms with van der Waals surface area (Å²) in [6.45, 7) is 2.06. The molecule has 0 saturated heterocycles. The van der Waals surface area contributed by atoms with Gasteiger partial charge in [-0.25, -0.2) is 0 Å². The maximum Gasteiger partial charge on any atom is 0.271 e. The summed E-state index contributed by atoms with van der Waals surface area (Å²) in [6, 6.07) is 8.10. The van der Waals surface area contributed by atoms with E-state index >= 15 is 0 Å². The Labute approximate surface area is 106 Å². The number of allylic oxidation sites excluding steroid dienone is 2. The first kappa shape index (κ1) is 11.0. The normalized spacial score (nSPS) is 21.2. The van der Waals surface area contributed by atoms with Crippen molar-refractivity contribution in [3.8, 4) is 0 Å². The molecule has 0 spiro atoms. The van der Waals surface area contributed by atoms with Gasteiger partial charge in [0.2, 0.25) is 0 Å². The third-order valence-electron chi connectivity index (χ3n) is 3.26. The number of amides is 1. The molecule has 0 fully saturated rings. The van der Waals surface area contributed by atoms with E-state index in [-0.39, 0.29) is 11.9 Å². The van der Waals surface area contributed by atoms with Gasteiger partial charge in [-0.3, -0.25) is 4.79 Å². The van der Waals surface area contributed by atoms with Crippen molar-refractivity contribution < 1.29 is 4.79 Å². The van der Waals surface area contributed by atoms with Crippen molar-refractivity contribution in [2.45, 2.75) is 19.4 Å². The van der Waals surface area contributed by atoms with Crippen LogP contribution in [0.25, 0.3) is 0 Å². The fourth-order valence-electron chi connectivity index (χ4n) is 2.24. The maximum atomic E-state index is 11.9. The van der Waals surface area contributed by atoms with Gasteiger partial charge in [0, 0.05) is 12.6 Å². The van der Waals surface area contributed by atoms with Crippen LogP contribution < -0.4 is 0 Å². The quantitative estimate of drug-likeness (QED) is 0.791. The Balaban J connectivity index is 1.82. The number of aliphatic imine (C=N–C) groups is 1. The number of fused-ring (bicyclic) bond motifs is 1. The third kappa shape index (κ3) is 1.88. The van der Waals surface area contributed by atoms with Gasteiger partial charge in [-0.2, -0.15) is 4.99 Å². The molecular weight excluding hydrogens is 224 g/mol. The number of carbonyl (C=O) groups is 1. The predicted octanol–water partition coefficient (Wildman–Crippen LogP) is 2.23. The van der Waals surface area contributed by atoms with E-state index < -0.39 is 0 Å². The molecule has 1 amide bonds. The maximum absolute atomic E-state index is 11.9. The number of amidine groups is 1. The number of rotatable bonds is 2. The van der Waals surface area contributed by atoms with Crippen LogP contribution in [0.5, 0.6) is 0 Å². The Kier molecular flexibility index (Phi) is 2.59. The largest absolute Gasteiger partial charge is 0.320 e. The zero-order chi connectivity index (χ0) is 12.5. The lowest BCUT2D eigenvalue weighted by Crippen LogP contribution is -2.35. The van der Waals surface area contributed by atoms with Gasteiger partial charge in [0.05, 0.1) is 0 Å². The predicted molar refractivity (Wildman–Crippen MR) is 71.2 cm³/mol. The molecule has 3 nitrogen and oxygen atoms in total. The minimum Gasteiger partial charge on any atom is -0.320 e. The Morgan fingerprint density at radius 3 is 2.78 bits per heavy atom. The average molecular weight is 238 g/mol. The van der Waals surface area contributed by atoms with Crippen LogP contribution in [0.3, 0.4) is 0 Å². The van der Waals surface area contributed by atoms with Gasteiger partial charge in [-0.15, -0.1) is 0 Å². The molecule has 0 N–H and O–H groups in total. The van der Waals surface area contributed by atoms with Crippen molar-refractivity contribution in [2.24, 2.45) is 4.99 Å². The lowest BCUT2D eigenvalue weighted by molar-refractivity contribution is -0.119. The van der Waals surface area contributed by atoms with Crippen LogP contribution in [-0.2, 0) is 11.2 Å². The van der Waals surface area contributed by atoms with Crippen molar-refractivity contribution >= 4 is 11.7 Å². The molecular formula is C15H14N2O. The van der Waals surface area contributed by atoms with Crippen molar-refractivity contribution in [3.05, 3.63) is 59.8 Å². The molecule has 90 valence electrons. The van der Waals surface area contributed by atoms with Gasteiger partial charge < -0.3 is 4.90 Å². The zero-order valence-electron chi connectivity index (χ0n) is 10.2. The molecule has 3 heteroatoms. The van der Waals surface area contributed by atoms with Gasteiger partial charge >= 0.3 is 0 Å². The van der Waals surface area contributed by atoms with Gasteiger partial charge in [0.15, 0.2) is 0 Å². The van der Waals surface area contributed by atoms with Crippen LogP contribution in [0, 0.1) is 6.92 Å². The smallest absolute Gasteiger partial charge is 0.271 e. The second-order valence-corrected chi connectivity index (χ2v) is 4.62. The Morgan fingerprint density at radius 2 is 2.00 bits per heavy atom. The molecule has 2 aliphatic rings. The minimum absolute atomic E-state index is 0.0539. The standard InChI is InChI=1S/C15H14N2O/c1-11-5-7-12(8-6-11)10-13-15(18)16-14-4-2-3-9-17(13)14/h2-9,13H,10H2,1H3. The van der Waals surface area contributed by atoms with Crippen LogP contribution in [-0.4, -0.2) is 22.7 Å². The van der Waals surface area contributed by atoms with Gasteiger partial charge in [0.1, 0.15) is 11.9 Å². The number of carbonyl (C=O) groups excluding carboxylic acids is 1. The van der Waals surface area contributed by atoms with Crippen molar-refractivity contribution in [1.29, 1.82) is 0 Å². The molecule has 1 aromatic carbocycles. The molecule has 2 heterocycles. The van der Waals surface area contributed by atoms with Gasteiger partial charge in [-0.05, 0) is 24.6 Å². The van der Waals surface area contributed by atoms with E-state index in [0.29, 0.717) is 6.42 Å². The Hall–Kier alpha value is -2.16. The fraction of sp³-hybridized carbons (Fsp3) is 0.200. The van der Waals surface area contributed by atoms with E-state index in [4.69, 9.17) is 0 Å². The number of aryl methyl sites for hydroxylation is 1. The van der Waals surface area contributed by atoms with E-state index in [2.05, 4.69) is 36.2 Å². The summed E-state index contributed by atoms with van der Waals surface area (Å²) in [5, 5.41) is 0. The molecule has 3 rings (SSSR count). The second-order valence-electron chi connectivity index (χ2n) is 4.62. The summed E-state index contributed by atoms with van der Waals surface area (Å²) < 4.78 is 0. The molecule has 1 unspecified atom stereocenters. The van der Waals surface area contributed by atoms with E-state index in [1.54, 1.807) is 0 Å². The highest BCUT2D eigenvalue weighted by Gasteiger charge is 2.33. The third-order valence-corrected chi connectivity index (χ3v) is 3.26. The highest BCUT2D eigenvalue weighted by molar-refractivity contribution is 6.10.